The van der Waals surface area contributed by atoms with Crippen LogP contribution in [-0.4, -0.2) is 43.7 Å². The number of piperidine rings is 1. The molecule has 0 bridgehead atoms. The van der Waals surface area contributed by atoms with Gasteiger partial charge in [0.2, 0.25) is 5.91 Å². The van der Waals surface area contributed by atoms with E-state index in [9.17, 15) is 4.79 Å². The van der Waals surface area contributed by atoms with Crippen LogP contribution in [0.2, 0.25) is 0 Å². The van der Waals surface area contributed by atoms with E-state index in [2.05, 4.69) is 17.4 Å². The molecule has 2 rings (SSSR count). The predicted molar refractivity (Wildman–Crippen MR) is 79.4 cm³/mol. The molecule has 0 saturated carbocycles. The molecule has 1 aromatic rings. The molecule has 1 atom stereocenters. The van der Waals surface area contributed by atoms with E-state index in [1.54, 1.807) is 7.11 Å². The maximum Gasteiger partial charge on any atom is 0.240 e. The molecule has 0 radical (unpaired) electrons. The lowest BCUT2D eigenvalue weighted by atomic mass is 10.0. The number of carbonyl (C=O) groups is 1. The van der Waals surface area contributed by atoms with E-state index < -0.39 is 0 Å². The van der Waals surface area contributed by atoms with E-state index in [1.165, 1.54) is 6.42 Å². The molecule has 1 fully saturated rings. The van der Waals surface area contributed by atoms with Gasteiger partial charge in [0.25, 0.3) is 0 Å². The van der Waals surface area contributed by atoms with Gasteiger partial charge in [-0.15, -0.1) is 0 Å². The van der Waals surface area contributed by atoms with Gasteiger partial charge in [0.05, 0.1) is 12.6 Å². The second-order valence-electron chi connectivity index (χ2n) is 5.24. The lowest BCUT2D eigenvalue weighted by Gasteiger charge is -2.30. The summed E-state index contributed by atoms with van der Waals surface area (Å²) in [5, 5.41) is 3.33. The van der Waals surface area contributed by atoms with Gasteiger partial charge >= 0.3 is 0 Å². The van der Waals surface area contributed by atoms with Crippen LogP contribution in [-0.2, 0) is 16.1 Å². The molecular formula is C16H24N2O2. The first kappa shape index (κ1) is 15.0. The summed E-state index contributed by atoms with van der Waals surface area (Å²) in [4.78, 5) is 14.5. The number of benzene rings is 1. The predicted octanol–water partition coefficient (Wildman–Crippen LogP) is 1.80. The highest BCUT2D eigenvalue weighted by Gasteiger charge is 2.25. The molecule has 0 aliphatic carbocycles. The van der Waals surface area contributed by atoms with Crippen LogP contribution in [0.5, 0.6) is 0 Å². The number of nitrogens with zero attached hydrogens (tertiary/aromatic N) is 1. The van der Waals surface area contributed by atoms with Crippen molar-refractivity contribution in [3.63, 3.8) is 0 Å². The van der Waals surface area contributed by atoms with Crippen LogP contribution in [0.15, 0.2) is 30.3 Å². The van der Waals surface area contributed by atoms with Gasteiger partial charge in [-0.3, -0.25) is 4.79 Å². The summed E-state index contributed by atoms with van der Waals surface area (Å²) in [7, 11) is 1.67. The van der Waals surface area contributed by atoms with Crippen molar-refractivity contribution < 1.29 is 9.53 Å². The Labute approximate surface area is 121 Å². The van der Waals surface area contributed by atoms with Crippen LogP contribution in [0.4, 0.5) is 0 Å². The zero-order valence-corrected chi connectivity index (χ0v) is 12.2. The van der Waals surface area contributed by atoms with E-state index in [4.69, 9.17) is 4.74 Å². The highest BCUT2D eigenvalue weighted by atomic mass is 16.5. The van der Waals surface area contributed by atoms with E-state index in [0.29, 0.717) is 19.7 Å². The average molecular weight is 276 g/mol. The Bertz CT molecular complexity index is 402. The maximum atomic E-state index is 12.6. The van der Waals surface area contributed by atoms with Gasteiger partial charge in [-0.1, -0.05) is 36.8 Å². The molecule has 1 aliphatic heterocycles. The van der Waals surface area contributed by atoms with Gasteiger partial charge in [-0.25, -0.2) is 0 Å². The zero-order chi connectivity index (χ0) is 14.2. The number of ether oxygens (including phenoxy) is 1. The van der Waals surface area contributed by atoms with Gasteiger partial charge in [-0.05, 0) is 24.9 Å². The normalized spacial score (nSPS) is 18.8. The Hall–Kier alpha value is -1.39. The first-order valence-corrected chi connectivity index (χ1v) is 7.36. The first-order chi connectivity index (χ1) is 9.81. The van der Waals surface area contributed by atoms with Gasteiger partial charge in [-0.2, -0.15) is 0 Å². The van der Waals surface area contributed by atoms with Gasteiger partial charge in [0.15, 0.2) is 0 Å². The van der Waals surface area contributed by atoms with Gasteiger partial charge < -0.3 is 15.0 Å². The summed E-state index contributed by atoms with van der Waals surface area (Å²) in [5.74, 6) is 0.200. The fourth-order valence-corrected chi connectivity index (χ4v) is 2.56. The van der Waals surface area contributed by atoms with Crippen LogP contribution in [0.3, 0.4) is 0 Å². The molecule has 0 aromatic heterocycles. The summed E-state index contributed by atoms with van der Waals surface area (Å²) < 4.78 is 5.13. The summed E-state index contributed by atoms with van der Waals surface area (Å²) in [6.45, 7) is 2.81. The second kappa shape index (κ2) is 8.02. The molecule has 0 spiro atoms. The number of amides is 1. The molecule has 1 aliphatic rings. The Morgan fingerprint density at radius 3 is 2.80 bits per heavy atom. The van der Waals surface area contributed by atoms with Crippen LogP contribution in [0.25, 0.3) is 0 Å². The summed E-state index contributed by atoms with van der Waals surface area (Å²) in [6, 6.07) is 10.1. The van der Waals surface area contributed by atoms with Crippen LogP contribution >= 0.6 is 0 Å². The minimum absolute atomic E-state index is 0.0238. The SMILES string of the molecule is COCCN(Cc1ccccc1)C(=O)[C@H]1CCCCN1. The fraction of sp³-hybridized carbons (Fsp3) is 0.562. The van der Waals surface area contributed by atoms with Crippen molar-refractivity contribution >= 4 is 5.91 Å². The highest BCUT2D eigenvalue weighted by Crippen LogP contribution is 2.12. The van der Waals surface area contributed by atoms with Gasteiger partial charge in [0.1, 0.15) is 0 Å². The fourth-order valence-electron chi connectivity index (χ4n) is 2.56. The topological polar surface area (TPSA) is 41.6 Å². The number of nitrogens with one attached hydrogen (secondary N) is 1. The lowest BCUT2D eigenvalue weighted by Crippen LogP contribution is -2.49. The third kappa shape index (κ3) is 4.32. The molecule has 1 saturated heterocycles. The number of hydrogen-bond acceptors (Lipinski definition) is 3. The smallest absolute Gasteiger partial charge is 0.240 e. The molecule has 1 amide bonds. The number of hydrogen-bond donors (Lipinski definition) is 1. The summed E-state index contributed by atoms with van der Waals surface area (Å²) >= 11 is 0. The molecule has 0 unspecified atom stereocenters. The largest absolute Gasteiger partial charge is 0.383 e. The van der Waals surface area contributed by atoms with Gasteiger partial charge in [0, 0.05) is 20.2 Å². The molecule has 1 aromatic carbocycles. The molecule has 1 heterocycles. The minimum atomic E-state index is -0.0238. The summed E-state index contributed by atoms with van der Waals surface area (Å²) in [5.41, 5.74) is 1.16. The maximum absolute atomic E-state index is 12.6. The second-order valence-corrected chi connectivity index (χ2v) is 5.24. The Balaban J connectivity index is 2.00. The quantitative estimate of drug-likeness (QED) is 0.861. The van der Waals surface area contributed by atoms with E-state index in [0.717, 1.165) is 24.9 Å². The Morgan fingerprint density at radius 2 is 2.15 bits per heavy atom. The first-order valence-electron chi connectivity index (χ1n) is 7.36. The average Bonchev–Trinajstić information content (AvgIpc) is 2.52. The molecule has 20 heavy (non-hydrogen) atoms. The zero-order valence-electron chi connectivity index (χ0n) is 12.2. The monoisotopic (exact) mass is 276 g/mol. The standard InChI is InChI=1S/C16H24N2O2/c1-20-12-11-18(13-14-7-3-2-4-8-14)16(19)15-9-5-6-10-17-15/h2-4,7-8,15,17H,5-6,9-13H2,1H3/t15-/m1/s1. The van der Waals surface area contributed by atoms with Crippen molar-refractivity contribution in [2.24, 2.45) is 0 Å². The van der Waals surface area contributed by atoms with Crippen molar-refractivity contribution in [1.82, 2.24) is 10.2 Å². The van der Waals surface area contributed by atoms with Crippen molar-refractivity contribution in [3.8, 4) is 0 Å². The third-order valence-corrected chi connectivity index (χ3v) is 3.70. The highest BCUT2D eigenvalue weighted by molar-refractivity contribution is 5.82. The molecular weight excluding hydrogens is 252 g/mol. The Morgan fingerprint density at radius 1 is 1.35 bits per heavy atom. The van der Waals surface area contributed by atoms with E-state index in [-0.39, 0.29) is 11.9 Å². The molecule has 1 N–H and O–H groups in total. The molecule has 4 nitrogen and oxygen atoms in total. The number of carbonyl (C=O) groups excluding carboxylic acids is 1. The van der Waals surface area contributed by atoms with Crippen molar-refractivity contribution in [1.29, 1.82) is 0 Å². The molecule has 110 valence electrons. The number of rotatable bonds is 6. The summed E-state index contributed by atoms with van der Waals surface area (Å²) in [6.07, 6.45) is 3.24. The molecule has 4 heteroatoms. The van der Waals surface area contributed by atoms with E-state index >= 15 is 0 Å². The van der Waals surface area contributed by atoms with Crippen molar-refractivity contribution in [3.05, 3.63) is 35.9 Å². The lowest BCUT2D eigenvalue weighted by molar-refractivity contribution is -0.135. The van der Waals surface area contributed by atoms with Crippen LogP contribution < -0.4 is 5.32 Å². The van der Waals surface area contributed by atoms with Crippen LogP contribution in [0.1, 0.15) is 24.8 Å². The minimum Gasteiger partial charge on any atom is -0.383 e. The van der Waals surface area contributed by atoms with Crippen molar-refractivity contribution in [2.45, 2.75) is 31.8 Å². The Kier molecular flexibility index (Phi) is 6.02. The van der Waals surface area contributed by atoms with E-state index in [1.807, 2.05) is 23.1 Å². The third-order valence-electron chi connectivity index (χ3n) is 3.70. The van der Waals surface area contributed by atoms with Crippen molar-refractivity contribution in [2.75, 3.05) is 26.8 Å². The number of methoxy groups -OCH3 is 1. The van der Waals surface area contributed by atoms with Crippen LogP contribution in [0, 0.1) is 0 Å².